The van der Waals surface area contributed by atoms with Gasteiger partial charge in [0.05, 0.1) is 4.92 Å². The Morgan fingerprint density at radius 1 is 1.05 bits per heavy atom. The number of hydrogen-bond donors (Lipinski definition) is 1. The van der Waals surface area contributed by atoms with E-state index in [4.69, 9.17) is 0 Å². The van der Waals surface area contributed by atoms with Crippen LogP contribution in [0.5, 0.6) is 0 Å². The molecule has 0 saturated carbocycles. The number of anilines is 1. The molecule has 0 spiro atoms. The standard InChI is InChI=1S/C15H14F2N2O2/c1-9-3-14(15(19(20)21)4-10(9)2)18-8-11-5-12(16)7-13(17)6-11/h3-7,18H,8H2,1-2H3. The Balaban J connectivity index is 2.27. The van der Waals surface area contributed by atoms with Crippen molar-refractivity contribution >= 4 is 11.4 Å². The number of hydrogen-bond acceptors (Lipinski definition) is 3. The lowest BCUT2D eigenvalue weighted by Gasteiger charge is -2.10. The topological polar surface area (TPSA) is 55.2 Å². The fourth-order valence-electron chi connectivity index (χ4n) is 2.00. The van der Waals surface area contributed by atoms with Crippen LogP contribution in [0.4, 0.5) is 20.2 Å². The molecule has 1 N–H and O–H groups in total. The summed E-state index contributed by atoms with van der Waals surface area (Å²) in [5.41, 5.74) is 2.35. The van der Waals surface area contributed by atoms with Crippen molar-refractivity contribution in [1.29, 1.82) is 0 Å². The van der Waals surface area contributed by atoms with Gasteiger partial charge >= 0.3 is 0 Å². The SMILES string of the molecule is Cc1cc(NCc2cc(F)cc(F)c2)c([N+](=O)[O-])cc1C. The zero-order valence-electron chi connectivity index (χ0n) is 11.6. The summed E-state index contributed by atoms with van der Waals surface area (Å²) in [5.74, 6) is -1.36. The third-order valence-electron chi connectivity index (χ3n) is 3.21. The second kappa shape index (κ2) is 5.87. The van der Waals surface area contributed by atoms with Crippen LogP contribution in [0.3, 0.4) is 0 Å². The van der Waals surface area contributed by atoms with Gasteiger partial charge in [0.1, 0.15) is 17.3 Å². The van der Waals surface area contributed by atoms with Crippen LogP contribution in [0.1, 0.15) is 16.7 Å². The lowest BCUT2D eigenvalue weighted by molar-refractivity contribution is -0.384. The van der Waals surface area contributed by atoms with Crippen LogP contribution in [0, 0.1) is 35.6 Å². The molecule has 0 bridgehead atoms. The van der Waals surface area contributed by atoms with Gasteiger partial charge in [-0.3, -0.25) is 10.1 Å². The van der Waals surface area contributed by atoms with Crippen LogP contribution in [-0.4, -0.2) is 4.92 Å². The molecule has 0 aliphatic carbocycles. The number of rotatable bonds is 4. The van der Waals surface area contributed by atoms with E-state index in [9.17, 15) is 18.9 Å². The maximum Gasteiger partial charge on any atom is 0.292 e. The van der Waals surface area contributed by atoms with E-state index in [1.54, 1.807) is 13.0 Å². The van der Waals surface area contributed by atoms with Crippen molar-refractivity contribution in [2.24, 2.45) is 0 Å². The van der Waals surface area contributed by atoms with Crippen molar-refractivity contribution < 1.29 is 13.7 Å². The van der Waals surface area contributed by atoms with Crippen LogP contribution in [0.2, 0.25) is 0 Å². The molecule has 0 saturated heterocycles. The largest absolute Gasteiger partial charge is 0.375 e. The third kappa shape index (κ3) is 3.53. The fourth-order valence-corrected chi connectivity index (χ4v) is 2.00. The molecule has 0 heterocycles. The van der Waals surface area contributed by atoms with Crippen LogP contribution < -0.4 is 5.32 Å². The van der Waals surface area contributed by atoms with Crippen molar-refractivity contribution in [3.05, 3.63) is 68.8 Å². The maximum atomic E-state index is 13.1. The van der Waals surface area contributed by atoms with E-state index >= 15 is 0 Å². The highest BCUT2D eigenvalue weighted by Crippen LogP contribution is 2.28. The van der Waals surface area contributed by atoms with Gasteiger partial charge < -0.3 is 5.32 Å². The van der Waals surface area contributed by atoms with E-state index in [-0.39, 0.29) is 12.2 Å². The van der Waals surface area contributed by atoms with E-state index in [2.05, 4.69) is 5.32 Å². The van der Waals surface area contributed by atoms with Gasteiger partial charge in [-0.1, -0.05) is 0 Å². The Kier molecular flexibility index (Phi) is 4.16. The minimum Gasteiger partial charge on any atom is -0.375 e. The molecule has 0 unspecified atom stereocenters. The summed E-state index contributed by atoms with van der Waals surface area (Å²) < 4.78 is 26.2. The quantitative estimate of drug-likeness (QED) is 0.681. The number of aryl methyl sites for hydroxylation is 2. The van der Waals surface area contributed by atoms with Crippen molar-refractivity contribution in [2.45, 2.75) is 20.4 Å². The number of nitrogens with zero attached hydrogens (tertiary/aromatic N) is 1. The molecule has 0 aliphatic rings. The van der Waals surface area contributed by atoms with Crippen LogP contribution in [0.25, 0.3) is 0 Å². The molecule has 6 heteroatoms. The first kappa shape index (κ1) is 14.9. The number of benzene rings is 2. The fraction of sp³-hybridized carbons (Fsp3) is 0.200. The minimum atomic E-state index is -0.679. The first-order valence-electron chi connectivity index (χ1n) is 6.31. The average molecular weight is 292 g/mol. The number of halogens is 2. The summed E-state index contributed by atoms with van der Waals surface area (Å²) in [6, 6.07) is 6.28. The van der Waals surface area contributed by atoms with Gasteiger partial charge in [-0.15, -0.1) is 0 Å². The van der Waals surface area contributed by atoms with Gasteiger partial charge in [0.15, 0.2) is 0 Å². The lowest BCUT2D eigenvalue weighted by atomic mass is 10.1. The molecule has 0 atom stereocenters. The van der Waals surface area contributed by atoms with Crippen molar-refractivity contribution in [2.75, 3.05) is 5.32 Å². The number of nitrogens with one attached hydrogen (secondary N) is 1. The normalized spacial score (nSPS) is 10.5. The Hall–Kier alpha value is -2.50. The Morgan fingerprint density at radius 3 is 2.19 bits per heavy atom. The molecule has 4 nitrogen and oxygen atoms in total. The van der Waals surface area contributed by atoms with E-state index in [1.165, 1.54) is 18.2 Å². The van der Waals surface area contributed by atoms with Crippen molar-refractivity contribution in [3.63, 3.8) is 0 Å². The van der Waals surface area contributed by atoms with Crippen LogP contribution in [-0.2, 0) is 6.54 Å². The molecular formula is C15H14F2N2O2. The van der Waals surface area contributed by atoms with E-state index in [0.29, 0.717) is 11.3 Å². The van der Waals surface area contributed by atoms with Crippen LogP contribution in [0.15, 0.2) is 30.3 Å². The molecular weight excluding hydrogens is 278 g/mol. The molecule has 0 radical (unpaired) electrons. The first-order chi connectivity index (χ1) is 9.86. The molecule has 0 aliphatic heterocycles. The highest BCUT2D eigenvalue weighted by atomic mass is 19.1. The van der Waals surface area contributed by atoms with Gasteiger partial charge in [-0.25, -0.2) is 8.78 Å². The monoisotopic (exact) mass is 292 g/mol. The molecule has 110 valence electrons. The Labute approximate surface area is 120 Å². The highest BCUT2D eigenvalue weighted by molar-refractivity contribution is 5.64. The Bertz CT molecular complexity index is 682. The summed E-state index contributed by atoms with van der Waals surface area (Å²) >= 11 is 0. The van der Waals surface area contributed by atoms with Gasteiger partial charge in [0.25, 0.3) is 5.69 Å². The zero-order chi connectivity index (χ0) is 15.6. The van der Waals surface area contributed by atoms with Gasteiger partial charge in [0.2, 0.25) is 0 Å². The second-order valence-corrected chi connectivity index (χ2v) is 4.84. The summed E-state index contributed by atoms with van der Waals surface area (Å²) in [4.78, 5) is 10.6. The lowest BCUT2D eigenvalue weighted by Crippen LogP contribution is -2.04. The summed E-state index contributed by atoms with van der Waals surface area (Å²) in [5, 5.41) is 13.9. The van der Waals surface area contributed by atoms with Gasteiger partial charge in [-0.2, -0.15) is 0 Å². The number of nitro benzene ring substituents is 1. The predicted molar refractivity (Wildman–Crippen MR) is 76.3 cm³/mol. The van der Waals surface area contributed by atoms with E-state index in [1.807, 2.05) is 6.92 Å². The van der Waals surface area contributed by atoms with Crippen molar-refractivity contribution in [3.8, 4) is 0 Å². The molecule has 2 aromatic carbocycles. The van der Waals surface area contributed by atoms with Gasteiger partial charge in [0, 0.05) is 18.7 Å². The van der Waals surface area contributed by atoms with Crippen LogP contribution >= 0.6 is 0 Å². The maximum absolute atomic E-state index is 13.1. The predicted octanol–water partition coefficient (Wildman–Crippen LogP) is 4.10. The molecule has 2 aromatic rings. The van der Waals surface area contributed by atoms with Gasteiger partial charge in [-0.05, 0) is 48.7 Å². The molecule has 2 rings (SSSR count). The third-order valence-corrected chi connectivity index (χ3v) is 3.21. The summed E-state index contributed by atoms with van der Waals surface area (Å²) in [6.45, 7) is 3.72. The first-order valence-corrected chi connectivity index (χ1v) is 6.31. The Morgan fingerprint density at radius 2 is 1.62 bits per heavy atom. The van der Waals surface area contributed by atoms with Crippen molar-refractivity contribution in [1.82, 2.24) is 0 Å². The average Bonchev–Trinajstić information content (AvgIpc) is 2.38. The summed E-state index contributed by atoms with van der Waals surface area (Å²) in [6.07, 6.45) is 0. The van der Waals surface area contributed by atoms with E-state index in [0.717, 1.165) is 17.2 Å². The molecule has 0 fully saturated rings. The smallest absolute Gasteiger partial charge is 0.292 e. The molecule has 21 heavy (non-hydrogen) atoms. The second-order valence-electron chi connectivity index (χ2n) is 4.84. The highest BCUT2D eigenvalue weighted by Gasteiger charge is 2.15. The summed E-state index contributed by atoms with van der Waals surface area (Å²) in [7, 11) is 0. The van der Waals surface area contributed by atoms with E-state index < -0.39 is 16.6 Å². The molecule has 0 amide bonds. The minimum absolute atomic E-state index is 0.0602. The molecule has 0 aromatic heterocycles. The number of nitro groups is 1. The zero-order valence-corrected chi connectivity index (χ0v) is 11.6.